The molecule has 4 heteroatoms. The van der Waals surface area contributed by atoms with Gasteiger partial charge in [0, 0.05) is 48.7 Å². The minimum absolute atomic E-state index is 0.534. The summed E-state index contributed by atoms with van der Waals surface area (Å²) < 4.78 is 0. The topological polar surface area (TPSA) is 15.3 Å². The normalized spacial score (nSPS) is 23.5. The maximum atomic E-state index is 6.05. The molecule has 0 amide bonds. The van der Waals surface area contributed by atoms with Gasteiger partial charge < -0.3 is 10.2 Å². The first-order valence-electron chi connectivity index (χ1n) is 7.15. The number of halogens is 1. The fraction of sp³-hybridized carbons (Fsp3) is 0.600. The predicted octanol–water partition coefficient (Wildman–Crippen LogP) is 2.97. The smallest absolute Gasteiger partial charge is 0.0408 e. The Labute approximate surface area is 124 Å². The second-order valence-corrected chi connectivity index (χ2v) is 7.00. The zero-order valence-electron chi connectivity index (χ0n) is 11.2. The highest BCUT2D eigenvalue weighted by Crippen LogP contribution is 2.32. The maximum absolute atomic E-state index is 6.05. The van der Waals surface area contributed by atoms with Gasteiger partial charge in [-0.1, -0.05) is 17.7 Å². The van der Waals surface area contributed by atoms with E-state index in [0.29, 0.717) is 6.04 Å². The van der Waals surface area contributed by atoms with E-state index in [0.717, 1.165) is 18.0 Å². The van der Waals surface area contributed by atoms with Crippen molar-refractivity contribution in [3.63, 3.8) is 0 Å². The Morgan fingerprint density at radius 3 is 3.00 bits per heavy atom. The van der Waals surface area contributed by atoms with Crippen LogP contribution in [0, 0.1) is 0 Å². The van der Waals surface area contributed by atoms with E-state index < -0.39 is 0 Å². The summed E-state index contributed by atoms with van der Waals surface area (Å²) in [6, 6.07) is 6.87. The number of hydrogen-bond acceptors (Lipinski definition) is 3. The molecule has 19 heavy (non-hydrogen) atoms. The van der Waals surface area contributed by atoms with Gasteiger partial charge >= 0.3 is 0 Å². The highest BCUT2D eigenvalue weighted by Gasteiger charge is 2.22. The molecule has 1 unspecified atom stereocenters. The molecule has 2 nitrogen and oxygen atoms in total. The van der Waals surface area contributed by atoms with Gasteiger partial charge in [0.25, 0.3) is 0 Å². The van der Waals surface area contributed by atoms with Crippen LogP contribution in [0.25, 0.3) is 0 Å². The summed E-state index contributed by atoms with van der Waals surface area (Å²) in [5, 5.41) is 4.58. The summed E-state index contributed by atoms with van der Waals surface area (Å²) in [4.78, 5) is 2.57. The number of rotatable bonds is 4. The molecule has 2 aliphatic rings. The molecule has 1 aromatic carbocycles. The number of fused-ring (bicyclic) bond motifs is 1. The third kappa shape index (κ3) is 3.46. The number of hydrogen-bond donors (Lipinski definition) is 1. The van der Waals surface area contributed by atoms with Gasteiger partial charge in [-0.2, -0.15) is 11.8 Å². The van der Waals surface area contributed by atoms with Crippen LogP contribution in [0.15, 0.2) is 18.2 Å². The van der Waals surface area contributed by atoms with Crippen molar-refractivity contribution in [1.82, 2.24) is 10.2 Å². The first-order chi connectivity index (χ1) is 9.33. The summed E-state index contributed by atoms with van der Waals surface area (Å²) in [6.45, 7) is 4.78. The fourth-order valence-corrected chi connectivity index (χ4v) is 4.19. The van der Waals surface area contributed by atoms with Crippen molar-refractivity contribution in [2.45, 2.75) is 18.9 Å². The molecular weight excluding hydrogens is 276 g/mol. The summed E-state index contributed by atoms with van der Waals surface area (Å²) in [5.74, 6) is 2.59. The van der Waals surface area contributed by atoms with Crippen LogP contribution in [0.1, 0.15) is 23.6 Å². The Morgan fingerprint density at radius 2 is 2.16 bits per heavy atom. The van der Waals surface area contributed by atoms with Gasteiger partial charge in [0.1, 0.15) is 0 Å². The molecule has 1 heterocycles. The first-order valence-corrected chi connectivity index (χ1v) is 8.68. The van der Waals surface area contributed by atoms with Gasteiger partial charge in [-0.05, 0) is 36.1 Å². The van der Waals surface area contributed by atoms with Crippen LogP contribution in [0.5, 0.6) is 0 Å². The van der Waals surface area contributed by atoms with E-state index in [2.05, 4.69) is 34.1 Å². The van der Waals surface area contributed by atoms with Crippen molar-refractivity contribution in [2.24, 2.45) is 0 Å². The summed E-state index contributed by atoms with van der Waals surface area (Å²) in [5.41, 5.74) is 2.89. The summed E-state index contributed by atoms with van der Waals surface area (Å²) in [6.07, 6.45) is 2.37. The number of thioether (sulfide) groups is 1. The lowest BCUT2D eigenvalue weighted by Crippen LogP contribution is -2.38. The molecule has 1 aliphatic carbocycles. The molecule has 104 valence electrons. The van der Waals surface area contributed by atoms with Crippen LogP contribution in [-0.2, 0) is 6.42 Å². The second-order valence-electron chi connectivity index (χ2n) is 5.34. The van der Waals surface area contributed by atoms with Crippen LogP contribution < -0.4 is 5.32 Å². The molecule has 1 fully saturated rings. The number of benzene rings is 1. The van der Waals surface area contributed by atoms with Crippen LogP contribution in [-0.4, -0.2) is 42.6 Å². The molecule has 0 bridgehead atoms. The lowest BCUT2D eigenvalue weighted by molar-refractivity contribution is 0.295. The Balaban J connectivity index is 1.49. The third-order valence-electron chi connectivity index (χ3n) is 4.11. The summed E-state index contributed by atoms with van der Waals surface area (Å²) in [7, 11) is 0. The minimum atomic E-state index is 0.534. The molecule has 1 aromatic rings. The van der Waals surface area contributed by atoms with E-state index in [4.69, 9.17) is 11.6 Å². The Bertz CT molecular complexity index is 432. The first kappa shape index (κ1) is 13.7. The van der Waals surface area contributed by atoms with Crippen molar-refractivity contribution in [2.75, 3.05) is 37.7 Å². The van der Waals surface area contributed by atoms with Crippen LogP contribution in [0.2, 0.25) is 5.02 Å². The molecule has 0 spiro atoms. The molecule has 0 aromatic heterocycles. The van der Waals surface area contributed by atoms with Gasteiger partial charge in [0.05, 0.1) is 0 Å². The molecule has 1 saturated heterocycles. The largest absolute Gasteiger partial charge is 0.309 e. The van der Waals surface area contributed by atoms with E-state index in [-0.39, 0.29) is 0 Å². The second kappa shape index (κ2) is 6.49. The fourth-order valence-electron chi connectivity index (χ4n) is 3.02. The van der Waals surface area contributed by atoms with Crippen LogP contribution >= 0.6 is 23.4 Å². The van der Waals surface area contributed by atoms with Crippen molar-refractivity contribution >= 4 is 23.4 Å². The summed E-state index contributed by atoms with van der Waals surface area (Å²) >= 11 is 8.12. The van der Waals surface area contributed by atoms with E-state index in [9.17, 15) is 0 Å². The average Bonchev–Trinajstić information content (AvgIpc) is 2.82. The molecule has 1 N–H and O–H groups in total. The number of aryl methyl sites for hydroxylation is 1. The monoisotopic (exact) mass is 296 g/mol. The van der Waals surface area contributed by atoms with Gasteiger partial charge in [0.15, 0.2) is 0 Å². The zero-order valence-corrected chi connectivity index (χ0v) is 12.8. The van der Waals surface area contributed by atoms with Gasteiger partial charge in [0.2, 0.25) is 0 Å². The van der Waals surface area contributed by atoms with E-state index in [1.165, 1.54) is 48.7 Å². The minimum Gasteiger partial charge on any atom is -0.309 e. The number of nitrogens with zero attached hydrogens (tertiary/aromatic N) is 1. The molecule has 1 aliphatic heterocycles. The standard InChI is InChI=1S/C15H21ClN2S/c16-13-2-3-14-12(11-13)1-4-15(14)17-5-6-18-7-9-19-10-8-18/h2-3,11,15,17H,1,4-10H2. The Morgan fingerprint density at radius 1 is 1.32 bits per heavy atom. The van der Waals surface area contributed by atoms with Crippen LogP contribution in [0.4, 0.5) is 0 Å². The Kier molecular flexibility index (Phi) is 4.69. The van der Waals surface area contributed by atoms with Crippen LogP contribution in [0.3, 0.4) is 0 Å². The lowest BCUT2D eigenvalue weighted by Gasteiger charge is -2.27. The third-order valence-corrected chi connectivity index (χ3v) is 5.28. The molecule has 0 saturated carbocycles. The van der Waals surface area contributed by atoms with Crippen molar-refractivity contribution in [3.8, 4) is 0 Å². The van der Waals surface area contributed by atoms with Crippen molar-refractivity contribution in [1.29, 1.82) is 0 Å². The molecule has 3 rings (SSSR count). The van der Waals surface area contributed by atoms with Crippen molar-refractivity contribution in [3.05, 3.63) is 34.3 Å². The molecular formula is C15H21ClN2S. The van der Waals surface area contributed by atoms with Crippen molar-refractivity contribution < 1.29 is 0 Å². The van der Waals surface area contributed by atoms with E-state index in [1.807, 2.05) is 6.07 Å². The Hall–Kier alpha value is -0.220. The van der Waals surface area contributed by atoms with Gasteiger partial charge in [-0.3, -0.25) is 0 Å². The lowest BCUT2D eigenvalue weighted by atomic mass is 10.1. The van der Waals surface area contributed by atoms with E-state index >= 15 is 0 Å². The predicted molar refractivity (Wildman–Crippen MR) is 84.3 cm³/mol. The van der Waals surface area contributed by atoms with E-state index in [1.54, 1.807) is 0 Å². The highest BCUT2D eigenvalue weighted by molar-refractivity contribution is 7.99. The molecule has 1 atom stereocenters. The highest BCUT2D eigenvalue weighted by atomic mass is 35.5. The van der Waals surface area contributed by atoms with Gasteiger partial charge in [-0.25, -0.2) is 0 Å². The zero-order chi connectivity index (χ0) is 13.1. The molecule has 0 radical (unpaired) electrons. The van der Waals surface area contributed by atoms with Gasteiger partial charge in [-0.15, -0.1) is 0 Å². The average molecular weight is 297 g/mol. The SMILES string of the molecule is Clc1ccc2c(c1)CCC2NCCN1CCSCC1. The quantitative estimate of drug-likeness (QED) is 0.920. The maximum Gasteiger partial charge on any atom is 0.0408 e. The number of nitrogens with one attached hydrogen (secondary N) is 1.